The molecule has 94 valence electrons. The Morgan fingerprint density at radius 3 is 2.39 bits per heavy atom. The summed E-state index contributed by atoms with van der Waals surface area (Å²) in [6, 6.07) is 12.2. The molecule has 1 nitrogen and oxygen atoms in total. The third-order valence-corrected chi connectivity index (χ3v) is 3.29. The second-order valence-corrected chi connectivity index (χ2v) is 4.90. The SMILES string of the molecule is Cc1cccc(C(C)(O)c2ccc(F)cc2C)c1. The van der Waals surface area contributed by atoms with E-state index in [0.717, 1.165) is 22.3 Å². The molecule has 1 unspecified atom stereocenters. The Labute approximate surface area is 107 Å². The van der Waals surface area contributed by atoms with Crippen molar-refractivity contribution >= 4 is 0 Å². The molecule has 18 heavy (non-hydrogen) atoms. The van der Waals surface area contributed by atoms with Crippen LogP contribution in [0.1, 0.15) is 29.2 Å². The van der Waals surface area contributed by atoms with Gasteiger partial charge in [0.15, 0.2) is 0 Å². The maximum Gasteiger partial charge on any atom is 0.123 e. The normalized spacial score (nSPS) is 14.3. The largest absolute Gasteiger partial charge is 0.381 e. The zero-order chi connectivity index (χ0) is 13.3. The van der Waals surface area contributed by atoms with E-state index in [1.54, 1.807) is 13.0 Å². The highest BCUT2D eigenvalue weighted by molar-refractivity contribution is 5.41. The first-order valence-corrected chi connectivity index (χ1v) is 5.97. The van der Waals surface area contributed by atoms with Crippen LogP contribution in [0.5, 0.6) is 0 Å². The van der Waals surface area contributed by atoms with Crippen LogP contribution in [0.4, 0.5) is 4.39 Å². The molecule has 0 aliphatic rings. The van der Waals surface area contributed by atoms with Gasteiger partial charge >= 0.3 is 0 Å². The lowest BCUT2D eigenvalue weighted by Crippen LogP contribution is -2.24. The molecule has 2 rings (SSSR count). The highest BCUT2D eigenvalue weighted by atomic mass is 19.1. The molecule has 0 radical (unpaired) electrons. The molecule has 1 N–H and O–H groups in total. The predicted molar refractivity (Wildman–Crippen MR) is 71.0 cm³/mol. The molecule has 0 aromatic heterocycles. The molecule has 0 saturated heterocycles. The van der Waals surface area contributed by atoms with Gasteiger partial charge in [-0.05, 0) is 49.6 Å². The summed E-state index contributed by atoms with van der Waals surface area (Å²) < 4.78 is 13.1. The maximum atomic E-state index is 13.1. The Morgan fingerprint density at radius 2 is 1.78 bits per heavy atom. The van der Waals surface area contributed by atoms with Crippen LogP contribution < -0.4 is 0 Å². The van der Waals surface area contributed by atoms with Crippen LogP contribution in [0.15, 0.2) is 42.5 Å². The van der Waals surface area contributed by atoms with Crippen molar-refractivity contribution in [3.05, 3.63) is 70.5 Å². The molecule has 0 heterocycles. The highest BCUT2D eigenvalue weighted by Gasteiger charge is 2.27. The molecule has 0 spiro atoms. The molecule has 0 aliphatic heterocycles. The number of benzene rings is 2. The minimum Gasteiger partial charge on any atom is -0.381 e. The van der Waals surface area contributed by atoms with Crippen LogP contribution in [0.2, 0.25) is 0 Å². The van der Waals surface area contributed by atoms with Crippen LogP contribution in [0.25, 0.3) is 0 Å². The zero-order valence-electron chi connectivity index (χ0n) is 10.9. The summed E-state index contributed by atoms with van der Waals surface area (Å²) in [4.78, 5) is 0. The number of halogens is 1. The van der Waals surface area contributed by atoms with E-state index in [9.17, 15) is 9.50 Å². The van der Waals surface area contributed by atoms with Gasteiger partial charge in [-0.3, -0.25) is 0 Å². The van der Waals surface area contributed by atoms with Crippen molar-refractivity contribution in [2.45, 2.75) is 26.4 Å². The lowest BCUT2D eigenvalue weighted by molar-refractivity contribution is 0.101. The fraction of sp³-hybridized carbons (Fsp3) is 0.250. The van der Waals surface area contributed by atoms with Gasteiger partial charge in [0.25, 0.3) is 0 Å². The summed E-state index contributed by atoms with van der Waals surface area (Å²) in [6.07, 6.45) is 0. The number of hydrogen-bond donors (Lipinski definition) is 1. The average Bonchev–Trinajstić information content (AvgIpc) is 2.28. The first-order chi connectivity index (χ1) is 8.41. The number of rotatable bonds is 2. The van der Waals surface area contributed by atoms with Gasteiger partial charge in [0.1, 0.15) is 11.4 Å². The van der Waals surface area contributed by atoms with E-state index in [4.69, 9.17) is 0 Å². The van der Waals surface area contributed by atoms with E-state index >= 15 is 0 Å². The van der Waals surface area contributed by atoms with Crippen molar-refractivity contribution < 1.29 is 9.50 Å². The number of aryl methyl sites for hydroxylation is 2. The summed E-state index contributed by atoms with van der Waals surface area (Å²) in [5.74, 6) is -0.281. The van der Waals surface area contributed by atoms with Crippen LogP contribution in [-0.4, -0.2) is 5.11 Å². The Hall–Kier alpha value is -1.67. The molecule has 2 aromatic rings. The summed E-state index contributed by atoms with van der Waals surface area (Å²) >= 11 is 0. The van der Waals surface area contributed by atoms with Crippen LogP contribution in [0, 0.1) is 19.7 Å². The minimum absolute atomic E-state index is 0.281. The zero-order valence-corrected chi connectivity index (χ0v) is 10.9. The molecule has 0 bridgehead atoms. The number of aliphatic hydroxyl groups is 1. The van der Waals surface area contributed by atoms with E-state index in [1.807, 2.05) is 38.1 Å². The van der Waals surface area contributed by atoms with Gasteiger partial charge in [-0.2, -0.15) is 0 Å². The van der Waals surface area contributed by atoms with Gasteiger partial charge in [-0.25, -0.2) is 4.39 Å². The van der Waals surface area contributed by atoms with Gasteiger partial charge in [0, 0.05) is 0 Å². The lowest BCUT2D eigenvalue weighted by atomic mass is 9.85. The standard InChI is InChI=1S/C16H17FO/c1-11-5-4-6-13(9-11)16(3,18)15-8-7-14(17)10-12(15)2/h4-10,18H,1-3H3. The fourth-order valence-electron chi connectivity index (χ4n) is 2.28. The van der Waals surface area contributed by atoms with E-state index < -0.39 is 5.60 Å². The molecule has 0 aliphatic carbocycles. The summed E-state index contributed by atoms with van der Waals surface area (Å²) in [7, 11) is 0. The fourth-order valence-corrected chi connectivity index (χ4v) is 2.28. The number of hydrogen-bond acceptors (Lipinski definition) is 1. The second kappa shape index (κ2) is 4.54. The monoisotopic (exact) mass is 244 g/mol. The average molecular weight is 244 g/mol. The van der Waals surface area contributed by atoms with E-state index in [1.165, 1.54) is 12.1 Å². The minimum atomic E-state index is -1.11. The topological polar surface area (TPSA) is 20.2 Å². The lowest BCUT2D eigenvalue weighted by Gasteiger charge is -2.26. The van der Waals surface area contributed by atoms with Gasteiger partial charge in [-0.1, -0.05) is 35.9 Å². The van der Waals surface area contributed by atoms with Crippen molar-refractivity contribution in [2.24, 2.45) is 0 Å². The van der Waals surface area contributed by atoms with Crippen LogP contribution >= 0.6 is 0 Å². The Kier molecular flexibility index (Phi) is 3.22. The van der Waals surface area contributed by atoms with Crippen LogP contribution in [0.3, 0.4) is 0 Å². The predicted octanol–water partition coefficient (Wildman–Crippen LogP) is 3.70. The van der Waals surface area contributed by atoms with Crippen molar-refractivity contribution in [2.75, 3.05) is 0 Å². The Morgan fingerprint density at radius 1 is 1.06 bits per heavy atom. The molecule has 0 fully saturated rings. The van der Waals surface area contributed by atoms with Crippen molar-refractivity contribution in [1.29, 1.82) is 0 Å². The molecule has 2 aromatic carbocycles. The molecule has 0 saturated carbocycles. The van der Waals surface area contributed by atoms with Gasteiger partial charge in [0.2, 0.25) is 0 Å². The molecule has 0 amide bonds. The Balaban J connectivity index is 2.53. The molecule has 1 atom stereocenters. The van der Waals surface area contributed by atoms with Gasteiger partial charge < -0.3 is 5.11 Å². The third-order valence-electron chi connectivity index (χ3n) is 3.29. The van der Waals surface area contributed by atoms with Crippen LogP contribution in [-0.2, 0) is 5.60 Å². The third kappa shape index (κ3) is 2.29. The van der Waals surface area contributed by atoms with Gasteiger partial charge in [0.05, 0.1) is 0 Å². The van der Waals surface area contributed by atoms with E-state index in [0.29, 0.717) is 0 Å². The first-order valence-electron chi connectivity index (χ1n) is 5.97. The highest BCUT2D eigenvalue weighted by Crippen LogP contribution is 2.31. The van der Waals surface area contributed by atoms with Crippen molar-refractivity contribution in [3.63, 3.8) is 0 Å². The smallest absolute Gasteiger partial charge is 0.123 e. The maximum absolute atomic E-state index is 13.1. The van der Waals surface area contributed by atoms with E-state index in [2.05, 4.69) is 0 Å². The Bertz CT molecular complexity index is 573. The van der Waals surface area contributed by atoms with Crippen molar-refractivity contribution in [1.82, 2.24) is 0 Å². The summed E-state index contributed by atoms with van der Waals surface area (Å²) in [5.41, 5.74) is 2.28. The van der Waals surface area contributed by atoms with Crippen molar-refractivity contribution in [3.8, 4) is 0 Å². The molecular formula is C16H17FO. The molecule has 2 heteroatoms. The quantitative estimate of drug-likeness (QED) is 0.854. The first kappa shape index (κ1) is 12.8. The molecular weight excluding hydrogens is 227 g/mol. The summed E-state index contributed by atoms with van der Waals surface area (Å²) in [6.45, 7) is 5.53. The van der Waals surface area contributed by atoms with E-state index in [-0.39, 0.29) is 5.82 Å². The second-order valence-electron chi connectivity index (χ2n) is 4.90. The van der Waals surface area contributed by atoms with Gasteiger partial charge in [-0.15, -0.1) is 0 Å². The summed E-state index contributed by atoms with van der Waals surface area (Å²) in [5, 5.41) is 10.7.